The Balaban J connectivity index is 1.67. The molecule has 2 aromatic carbocycles. The SMILES string of the molecule is CCn1c(COc2cccc(C)c2)nnc1SCc1cccc(C(F)(F)F)c1. The van der Waals surface area contributed by atoms with Crippen LogP contribution in [0.5, 0.6) is 5.75 Å². The fourth-order valence-corrected chi connectivity index (χ4v) is 3.65. The van der Waals surface area contributed by atoms with Gasteiger partial charge in [0.2, 0.25) is 0 Å². The van der Waals surface area contributed by atoms with Crippen LogP contribution < -0.4 is 4.74 Å². The number of aryl methyl sites for hydroxylation is 1. The minimum Gasteiger partial charge on any atom is -0.486 e. The number of alkyl halides is 3. The number of benzene rings is 2. The van der Waals surface area contributed by atoms with Gasteiger partial charge in [0.1, 0.15) is 12.4 Å². The average Bonchev–Trinajstić information content (AvgIpc) is 3.06. The monoisotopic (exact) mass is 407 g/mol. The minimum atomic E-state index is -4.34. The van der Waals surface area contributed by atoms with Gasteiger partial charge in [-0.1, -0.05) is 42.1 Å². The number of ether oxygens (including phenoxy) is 1. The molecule has 1 aromatic heterocycles. The third kappa shape index (κ3) is 5.07. The van der Waals surface area contributed by atoms with Crippen molar-refractivity contribution in [2.45, 2.75) is 44.1 Å². The highest BCUT2D eigenvalue weighted by molar-refractivity contribution is 7.98. The molecule has 0 bridgehead atoms. The Hall–Kier alpha value is -2.48. The van der Waals surface area contributed by atoms with Crippen LogP contribution in [0.4, 0.5) is 13.2 Å². The van der Waals surface area contributed by atoms with Gasteiger partial charge in [0.25, 0.3) is 0 Å². The molecule has 148 valence electrons. The molecule has 0 unspecified atom stereocenters. The molecule has 0 aliphatic carbocycles. The summed E-state index contributed by atoms with van der Waals surface area (Å²) in [5, 5.41) is 9.01. The largest absolute Gasteiger partial charge is 0.486 e. The van der Waals surface area contributed by atoms with Gasteiger partial charge >= 0.3 is 6.18 Å². The van der Waals surface area contributed by atoms with E-state index >= 15 is 0 Å². The smallest absolute Gasteiger partial charge is 0.416 e. The van der Waals surface area contributed by atoms with E-state index in [1.165, 1.54) is 23.9 Å². The number of halogens is 3. The first kappa shape index (κ1) is 20.3. The average molecular weight is 407 g/mol. The van der Waals surface area contributed by atoms with Crippen LogP contribution in [0.15, 0.2) is 53.7 Å². The molecule has 8 heteroatoms. The van der Waals surface area contributed by atoms with E-state index in [0.717, 1.165) is 17.4 Å². The summed E-state index contributed by atoms with van der Waals surface area (Å²) >= 11 is 1.36. The van der Waals surface area contributed by atoms with Crippen molar-refractivity contribution in [1.82, 2.24) is 14.8 Å². The van der Waals surface area contributed by atoms with Crippen molar-refractivity contribution in [1.29, 1.82) is 0 Å². The van der Waals surface area contributed by atoms with Gasteiger partial charge in [0.05, 0.1) is 5.56 Å². The van der Waals surface area contributed by atoms with E-state index in [-0.39, 0.29) is 6.61 Å². The van der Waals surface area contributed by atoms with Crippen LogP contribution in [0.2, 0.25) is 0 Å². The summed E-state index contributed by atoms with van der Waals surface area (Å²) in [6.45, 7) is 4.87. The van der Waals surface area contributed by atoms with Gasteiger partial charge in [0, 0.05) is 12.3 Å². The van der Waals surface area contributed by atoms with Crippen LogP contribution >= 0.6 is 11.8 Å². The van der Waals surface area contributed by atoms with E-state index in [9.17, 15) is 13.2 Å². The number of nitrogens with zero attached hydrogens (tertiary/aromatic N) is 3. The van der Waals surface area contributed by atoms with Crippen LogP contribution in [0, 0.1) is 6.92 Å². The second-order valence-electron chi connectivity index (χ2n) is 6.24. The van der Waals surface area contributed by atoms with Gasteiger partial charge < -0.3 is 9.30 Å². The highest BCUT2D eigenvalue weighted by Crippen LogP contribution is 2.31. The van der Waals surface area contributed by atoms with Crippen molar-refractivity contribution in [3.63, 3.8) is 0 Å². The number of aromatic nitrogens is 3. The normalized spacial score (nSPS) is 11.6. The molecule has 28 heavy (non-hydrogen) atoms. The molecule has 3 rings (SSSR count). The molecule has 0 saturated carbocycles. The van der Waals surface area contributed by atoms with Crippen molar-refractivity contribution >= 4 is 11.8 Å². The highest BCUT2D eigenvalue weighted by Gasteiger charge is 2.30. The van der Waals surface area contributed by atoms with Crippen LogP contribution in [0.1, 0.15) is 29.4 Å². The van der Waals surface area contributed by atoms with Crippen molar-refractivity contribution < 1.29 is 17.9 Å². The Labute approximate surface area is 165 Å². The van der Waals surface area contributed by atoms with Gasteiger partial charge in [-0.2, -0.15) is 13.2 Å². The zero-order valence-corrected chi connectivity index (χ0v) is 16.3. The molecule has 0 atom stereocenters. The van der Waals surface area contributed by atoms with Crippen LogP contribution in [0.25, 0.3) is 0 Å². The summed E-state index contributed by atoms with van der Waals surface area (Å²) in [4.78, 5) is 0. The number of hydrogen-bond acceptors (Lipinski definition) is 4. The second kappa shape index (κ2) is 8.68. The summed E-state index contributed by atoms with van der Waals surface area (Å²) in [5.74, 6) is 1.81. The topological polar surface area (TPSA) is 39.9 Å². The summed E-state index contributed by atoms with van der Waals surface area (Å²) < 4.78 is 46.3. The molecule has 0 radical (unpaired) electrons. The summed E-state index contributed by atoms with van der Waals surface area (Å²) in [7, 11) is 0. The molecule has 0 saturated heterocycles. The van der Waals surface area contributed by atoms with E-state index in [1.807, 2.05) is 42.7 Å². The third-order valence-electron chi connectivity index (χ3n) is 4.09. The molecular formula is C20H20F3N3OS. The number of thioether (sulfide) groups is 1. The second-order valence-corrected chi connectivity index (χ2v) is 7.18. The first-order valence-electron chi connectivity index (χ1n) is 8.77. The van der Waals surface area contributed by atoms with E-state index in [0.29, 0.717) is 28.8 Å². The van der Waals surface area contributed by atoms with Crippen molar-refractivity contribution in [3.05, 3.63) is 71.0 Å². The summed E-state index contributed by atoms with van der Waals surface area (Å²) in [6, 6.07) is 13.1. The maximum absolute atomic E-state index is 12.9. The predicted molar refractivity (Wildman–Crippen MR) is 102 cm³/mol. The Bertz CT molecular complexity index is 940. The number of hydrogen-bond donors (Lipinski definition) is 0. The van der Waals surface area contributed by atoms with Gasteiger partial charge in [-0.3, -0.25) is 0 Å². The fraction of sp³-hybridized carbons (Fsp3) is 0.300. The first-order valence-corrected chi connectivity index (χ1v) is 9.76. The van der Waals surface area contributed by atoms with Crippen molar-refractivity contribution in [2.75, 3.05) is 0 Å². The van der Waals surface area contributed by atoms with E-state index in [1.54, 1.807) is 6.07 Å². The molecule has 0 N–H and O–H groups in total. The van der Waals surface area contributed by atoms with E-state index < -0.39 is 11.7 Å². The standard InChI is InChI=1S/C20H20F3N3OS/c1-3-26-18(12-27-17-9-4-6-14(2)10-17)24-25-19(26)28-13-15-7-5-8-16(11-15)20(21,22)23/h4-11H,3,12-13H2,1-2H3. The fourth-order valence-electron chi connectivity index (χ4n) is 2.69. The molecule has 0 fully saturated rings. The number of rotatable bonds is 7. The molecule has 0 spiro atoms. The van der Waals surface area contributed by atoms with Gasteiger partial charge in [-0.25, -0.2) is 0 Å². The maximum Gasteiger partial charge on any atom is 0.416 e. The Morgan fingerprint density at radius 1 is 1.07 bits per heavy atom. The lowest BCUT2D eigenvalue weighted by atomic mass is 10.1. The van der Waals surface area contributed by atoms with Gasteiger partial charge in [0.15, 0.2) is 11.0 Å². The van der Waals surface area contributed by atoms with Crippen molar-refractivity contribution in [3.8, 4) is 5.75 Å². The highest BCUT2D eigenvalue weighted by atomic mass is 32.2. The van der Waals surface area contributed by atoms with E-state index in [4.69, 9.17) is 4.74 Å². The lowest BCUT2D eigenvalue weighted by Gasteiger charge is -2.10. The van der Waals surface area contributed by atoms with Crippen LogP contribution in [0.3, 0.4) is 0 Å². The Kier molecular flexibility index (Phi) is 6.28. The van der Waals surface area contributed by atoms with Crippen molar-refractivity contribution in [2.24, 2.45) is 0 Å². The summed E-state index contributed by atoms with van der Waals surface area (Å²) in [5.41, 5.74) is 1.05. The molecule has 3 aromatic rings. The third-order valence-corrected chi connectivity index (χ3v) is 5.13. The van der Waals surface area contributed by atoms with Crippen LogP contribution in [-0.2, 0) is 25.1 Å². The Morgan fingerprint density at radius 2 is 1.86 bits per heavy atom. The zero-order chi connectivity index (χ0) is 20.1. The molecule has 1 heterocycles. The lowest BCUT2D eigenvalue weighted by Crippen LogP contribution is -2.07. The Morgan fingerprint density at radius 3 is 2.57 bits per heavy atom. The molecule has 0 amide bonds. The van der Waals surface area contributed by atoms with Gasteiger partial charge in [-0.05, 0) is 43.2 Å². The quantitative estimate of drug-likeness (QED) is 0.485. The minimum absolute atomic E-state index is 0.272. The first-order chi connectivity index (χ1) is 13.4. The molecular weight excluding hydrogens is 387 g/mol. The maximum atomic E-state index is 12.9. The van der Waals surface area contributed by atoms with Gasteiger partial charge in [-0.15, -0.1) is 10.2 Å². The van der Waals surface area contributed by atoms with Crippen LogP contribution in [-0.4, -0.2) is 14.8 Å². The molecule has 0 aliphatic rings. The summed E-state index contributed by atoms with van der Waals surface area (Å²) in [6.07, 6.45) is -4.34. The molecule has 0 aliphatic heterocycles. The van der Waals surface area contributed by atoms with E-state index in [2.05, 4.69) is 10.2 Å². The predicted octanol–water partition coefficient (Wildman–Crippen LogP) is 5.50. The molecule has 4 nitrogen and oxygen atoms in total. The zero-order valence-electron chi connectivity index (χ0n) is 15.5. The lowest BCUT2D eigenvalue weighted by molar-refractivity contribution is -0.137.